The molecule has 0 bridgehead atoms. The van der Waals surface area contributed by atoms with E-state index in [9.17, 15) is 0 Å². The smallest absolute Gasteiger partial charge is 0.224 e. The van der Waals surface area contributed by atoms with Gasteiger partial charge in [0, 0.05) is 38.1 Å². The van der Waals surface area contributed by atoms with Crippen LogP contribution in [0.4, 0.5) is 5.95 Å². The normalized spacial score (nSPS) is 10.2. The van der Waals surface area contributed by atoms with Gasteiger partial charge < -0.3 is 10.2 Å². The van der Waals surface area contributed by atoms with E-state index in [1.807, 2.05) is 39.2 Å². The van der Waals surface area contributed by atoms with E-state index in [1.165, 1.54) is 0 Å². The Hall–Kier alpha value is -1.16. The highest BCUT2D eigenvalue weighted by atomic mass is 15.2. The molecule has 1 aromatic rings. The molecule has 1 heterocycles. The van der Waals surface area contributed by atoms with Crippen molar-refractivity contribution in [3.05, 3.63) is 17.5 Å². The van der Waals surface area contributed by atoms with Crippen LogP contribution in [-0.4, -0.2) is 31.1 Å². The lowest BCUT2D eigenvalue weighted by Crippen LogP contribution is -2.15. The molecule has 72 valence electrons. The fourth-order valence-corrected chi connectivity index (χ4v) is 1.06. The SMILES string of the molecule is CNCc1cnc(N(C)C)nc1C. The monoisotopic (exact) mass is 180 g/mol. The summed E-state index contributed by atoms with van der Waals surface area (Å²) in [5.74, 6) is 0.761. The van der Waals surface area contributed by atoms with Crippen molar-refractivity contribution in [2.24, 2.45) is 0 Å². The molecule has 1 aromatic heterocycles. The molecule has 4 heteroatoms. The molecule has 0 aliphatic heterocycles. The summed E-state index contributed by atoms with van der Waals surface area (Å²) >= 11 is 0. The van der Waals surface area contributed by atoms with E-state index >= 15 is 0 Å². The lowest BCUT2D eigenvalue weighted by atomic mass is 10.2. The van der Waals surface area contributed by atoms with Crippen LogP contribution >= 0.6 is 0 Å². The molecule has 4 nitrogen and oxygen atoms in total. The zero-order chi connectivity index (χ0) is 9.84. The number of nitrogens with zero attached hydrogens (tertiary/aromatic N) is 3. The summed E-state index contributed by atoms with van der Waals surface area (Å²) in [7, 11) is 5.79. The van der Waals surface area contributed by atoms with Crippen LogP contribution in [0, 0.1) is 6.92 Å². The average Bonchev–Trinajstić information content (AvgIpc) is 2.08. The third-order valence-corrected chi connectivity index (χ3v) is 1.84. The van der Waals surface area contributed by atoms with E-state index in [4.69, 9.17) is 0 Å². The fourth-order valence-electron chi connectivity index (χ4n) is 1.06. The molecular formula is C9H16N4. The van der Waals surface area contributed by atoms with Gasteiger partial charge in [-0.15, -0.1) is 0 Å². The molecule has 0 aliphatic rings. The molecule has 13 heavy (non-hydrogen) atoms. The van der Waals surface area contributed by atoms with Gasteiger partial charge in [-0.05, 0) is 14.0 Å². The summed E-state index contributed by atoms with van der Waals surface area (Å²) in [6, 6.07) is 0. The third-order valence-electron chi connectivity index (χ3n) is 1.84. The first-order chi connectivity index (χ1) is 6.15. The summed E-state index contributed by atoms with van der Waals surface area (Å²) in [6.07, 6.45) is 1.87. The van der Waals surface area contributed by atoms with E-state index < -0.39 is 0 Å². The molecule has 0 aliphatic carbocycles. The maximum Gasteiger partial charge on any atom is 0.224 e. The summed E-state index contributed by atoms with van der Waals surface area (Å²) < 4.78 is 0. The quantitative estimate of drug-likeness (QED) is 0.738. The number of nitrogens with one attached hydrogen (secondary N) is 1. The summed E-state index contributed by atoms with van der Waals surface area (Å²) in [6.45, 7) is 2.82. The van der Waals surface area contributed by atoms with Gasteiger partial charge in [0.15, 0.2) is 0 Å². The van der Waals surface area contributed by atoms with Crippen LogP contribution < -0.4 is 10.2 Å². The molecule has 0 radical (unpaired) electrons. The molecule has 0 spiro atoms. The van der Waals surface area contributed by atoms with Crippen LogP contribution in [0.25, 0.3) is 0 Å². The Balaban J connectivity index is 2.92. The Morgan fingerprint density at radius 3 is 2.62 bits per heavy atom. The number of anilines is 1. The number of aromatic nitrogens is 2. The first kappa shape index (κ1) is 9.92. The molecule has 0 saturated carbocycles. The van der Waals surface area contributed by atoms with Gasteiger partial charge in [-0.3, -0.25) is 0 Å². The molecule has 0 amide bonds. The number of rotatable bonds is 3. The van der Waals surface area contributed by atoms with E-state index in [0.29, 0.717) is 0 Å². The highest BCUT2D eigenvalue weighted by Gasteiger charge is 2.03. The van der Waals surface area contributed by atoms with Crippen LogP contribution in [0.1, 0.15) is 11.3 Å². The van der Waals surface area contributed by atoms with Gasteiger partial charge >= 0.3 is 0 Å². The maximum atomic E-state index is 4.37. The molecule has 0 fully saturated rings. The van der Waals surface area contributed by atoms with Gasteiger partial charge in [0.2, 0.25) is 5.95 Å². The lowest BCUT2D eigenvalue weighted by molar-refractivity contribution is 0.793. The van der Waals surface area contributed by atoms with Gasteiger partial charge in [0.25, 0.3) is 0 Å². The Kier molecular flexibility index (Phi) is 3.19. The number of hydrogen-bond donors (Lipinski definition) is 1. The van der Waals surface area contributed by atoms with Crippen molar-refractivity contribution >= 4 is 5.95 Å². The zero-order valence-electron chi connectivity index (χ0n) is 8.63. The first-order valence-corrected chi connectivity index (χ1v) is 4.29. The van der Waals surface area contributed by atoms with Crippen molar-refractivity contribution < 1.29 is 0 Å². The van der Waals surface area contributed by atoms with Gasteiger partial charge in [0.05, 0.1) is 0 Å². The molecule has 0 unspecified atom stereocenters. The van der Waals surface area contributed by atoms with E-state index in [0.717, 1.165) is 23.8 Å². The second kappa shape index (κ2) is 4.18. The molecule has 1 N–H and O–H groups in total. The molecule has 0 saturated heterocycles. The van der Waals surface area contributed by atoms with Crippen molar-refractivity contribution in [1.29, 1.82) is 0 Å². The highest BCUT2D eigenvalue weighted by molar-refractivity contribution is 5.30. The van der Waals surface area contributed by atoms with E-state index in [1.54, 1.807) is 0 Å². The summed E-state index contributed by atoms with van der Waals surface area (Å²) in [4.78, 5) is 10.5. The van der Waals surface area contributed by atoms with Crippen molar-refractivity contribution in [2.45, 2.75) is 13.5 Å². The molecule has 1 rings (SSSR count). The Bertz CT molecular complexity index is 283. The standard InChI is InChI=1S/C9H16N4/c1-7-8(5-10-2)6-11-9(12-7)13(3)4/h6,10H,5H2,1-4H3. The first-order valence-electron chi connectivity index (χ1n) is 4.29. The predicted octanol–water partition coefficient (Wildman–Crippen LogP) is 0.570. The Morgan fingerprint density at radius 2 is 2.15 bits per heavy atom. The minimum atomic E-state index is 0.761. The topological polar surface area (TPSA) is 41.1 Å². The van der Waals surface area contributed by atoms with E-state index in [-0.39, 0.29) is 0 Å². The lowest BCUT2D eigenvalue weighted by Gasteiger charge is -2.11. The minimum absolute atomic E-state index is 0.761. The molecule has 0 atom stereocenters. The second-order valence-corrected chi connectivity index (χ2v) is 3.21. The summed E-state index contributed by atoms with van der Waals surface area (Å²) in [5.41, 5.74) is 2.18. The second-order valence-electron chi connectivity index (χ2n) is 3.21. The molecule has 0 aromatic carbocycles. The minimum Gasteiger partial charge on any atom is -0.347 e. The molecular weight excluding hydrogens is 164 g/mol. The van der Waals surface area contributed by atoms with Crippen molar-refractivity contribution in [2.75, 3.05) is 26.0 Å². The van der Waals surface area contributed by atoms with Gasteiger partial charge in [0.1, 0.15) is 0 Å². The predicted molar refractivity (Wildman–Crippen MR) is 53.9 cm³/mol. The van der Waals surface area contributed by atoms with Crippen LogP contribution in [0.15, 0.2) is 6.20 Å². The van der Waals surface area contributed by atoms with Crippen LogP contribution in [-0.2, 0) is 6.54 Å². The highest BCUT2D eigenvalue weighted by Crippen LogP contribution is 2.08. The fraction of sp³-hybridized carbons (Fsp3) is 0.556. The van der Waals surface area contributed by atoms with Gasteiger partial charge in [-0.1, -0.05) is 0 Å². The Labute approximate surface area is 79.0 Å². The number of hydrogen-bond acceptors (Lipinski definition) is 4. The van der Waals surface area contributed by atoms with Gasteiger partial charge in [-0.2, -0.15) is 0 Å². The Morgan fingerprint density at radius 1 is 1.46 bits per heavy atom. The largest absolute Gasteiger partial charge is 0.347 e. The number of aryl methyl sites for hydroxylation is 1. The zero-order valence-corrected chi connectivity index (χ0v) is 8.63. The van der Waals surface area contributed by atoms with Crippen molar-refractivity contribution in [3.8, 4) is 0 Å². The average molecular weight is 180 g/mol. The van der Waals surface area contributed by atoms with Gasteiger partial charge in [-0.25, -0.2) is 9.97 Å². The van der Waals surface area contributed by atoms with Crippen LogP contribution in [0.5, 0.6) is 0 Å². The van der Waals surface area contributed by atoms with Crippen molar-refractivity contribution in [1.82, 2.24) is 15.3 Å². The third kappa shape index (κ3) is 2.39. The van der Waals surface area contributed by atoms with E-state index in [2.05, 4.69) is 15.3 Å². The van der Waals surface area contributed by atoms with Crippen LogP contribution in [0.3, 0.4) is 0 Å². The maximum absolute atomic E-state index is 4.37. The van der Waals surface area contributed by atoms with Crippen molar-refractivity contribution in [3.63, 3.8) is 0 Å². The van der Waals surface area contributed by atoms with Crippen LogP contribution in [0.2, 0.25) is 0 Å². The summed E-state index contributed by atoms with van der Waals surface area (Å²) in [5, 5.41) is 3.08.